The highest BCUT2D eigenvalue weighted by Crippen LogP contribution is 2.34. The third kappa shape index (κ3) is 1.81. The Morgan fingerprint density at radius 2 is 2.18 bits per heavy atom. The van der Waals surface area contributed by atoms with Crippen molar-refractivity contribution in [2.45, 2.75) is 24.5 Å². The first kappa shape index (κ1) is 8.74. The standard InChI is InChI=1S/C7H13NO2S/c1-2-3-6-4-5-7(6)11(8,9)10/h2,6-7H,1,3-5H2,(H2,8,9,10). The molecule has 2 atom stereocenters. The van der Waals surface area contributed by atoms with Crippen LogP contribution in [0.15, 0.2) is 12.7 Å². The Balaban J connectivity index is 2.57. The third-order valence-corrected chi connectivity index (χ3v) is 3.70. The third-order valence-electron chi connectivity index (χ3n) is 2.24. The van der Waals surface area contributed by atoms with Crippen LogP contribution in [0.25, 0.3) is 0 Å². The number of sulfonamides is 1. The smallest absolute Gasteiger partial charge is 0.212 e. The van der Waals surface area contributed by atoms with E-state index in [-0.39, 0.29) is 11.2 Å². The molecule has 0 aromatic carbocycles. The zero-order valence-electron chi connectivity index (χ0n) is 6.36. The summed E-state index contributed by atoms with van der Waals surface area (Å²) < 4.78 is 21.7. The predicted molar refractivity (Wildman–Crippen MR) is 44.4 cm³/mol. The summed E-state index contributed by atoms with van der Waals surface area (Å²) in [6, 6.07) is 0. The van der Waals surface area contributed by atoms with Crippen LogP contribution < -0.4 is 5.14 Å². The van der Waals surface area contributed by atoms with Gasteiger partial charge in [-0.05, 0) is 25.2 Å². The normalized spacial score (nSPS) is 31.0. The molecule has 1 saturated carbocycles. The van der Waals surface area contributed by atoms with E-state index in [1.54, 1.807) is 6.08 Å². The summed E-state index contributed by atoms with van der Waals surface area (Å²) in [5.74, 6) is 0.225. The monoisotopic (exact) mass is 175 g/mol. The van der Waals surface area contributed by atoms with Crippen molar-refractivity contribution in [3.63, 3.8) is 0 Å². The molecule has 0 aliphatic heterocycles. The minimum atomic E-state index is -3.29. The minimum absolute atomic E-state index is 0.225. The van der Waals surface area contributed by atoms with E-state index >= 15 is 0 Å². The van der Waals surface area contributed by atoms with Crippen molar-refractivity contribution in [1.82, 2.24) is 0 Å². The first-order valence-electron chi connectivity index (χ1n) is 3.68. The van der Waals surface area contributed by atoms with Crippen LogP contribution in [0.5, 0.6) is 0 Å². The average molecular weight is 175 g/mol. The number of hydrogen-bond acceptors (Lipinski definition) is 2. The van der Waals surface area contributed by atoms with Crippen molar-refractivity contribution < 1.29 is 8.42 Å². The molecule has 1 aliphatic carbocycles. The molecular weight excluding hydrogens is 162 g/mol. The number of allylic oxidation sites excluding steroid dienone is 1. The summed E-state index contributed by atoms with van der Waals surface area (Å²) in [4.78, 5) is 0. The molecule has 4 heteroatoms. The highest BCUT2D eigenvalue weighted by molar-refractivity contribution is 7.89. The summed E-state index contributed by atoms with van der Waals surface area (Å²) in [5.41, 5.74) is 0. The van der Waals surface area contributed by atoms with Gasteiger partial charge in [0.15, 0.2) is 0 Å². The fourth-order valence-corrected chi connectivity index (χ4v) is 2.70. The zero-order valence-corrected chi connectivity index (χ0v) is 7.18. The largest absolute Gasteiger partial charge is 0.228 e. The highest BCUT2D eigenvalue weighted by atomic mass is 32.2. The van der Waals surface area contributed by atoms with Crippen LogP contribution in [0.2, 0.25) is 0 Å². The van der Waals surface area contributed by atoms with Gasteiger partial charge >= 0.3 is 0 Å². The zero-order chi connectivity index (χ0) is 8.48. The summed E-state index contributed by atoms with van der Waals surface area (Å²) in [5, 5.41) is 4.69. The lowest BCUT2D eigenvalue weighted by molar-refractivity contribution is 0.319. The van der Waals surface area contributed by atoms with Crippen molar-refractivity contribution in [1.29, 1.82) is 0 Å². The molecule has 0 aromatic heterocycles. The van der Waals surface area contributed by atoms with Crippen molar-refractivity contribution in [2.75, 3.05) is 0 Å². The summed E-state index contributed by atoms with van der Waals surface area (Å²) in [7, 11) is -3.29. The first-order valence-corrected chi connectivity index (χ1v) is 5.29. The van der Waals surface area contributed by atoms with Gasteiger partial charge in [-0.3, -0.25) is 0 Å². The number of hydrogen-bond donors (Lipinski definition) is 1. The number of rotatable bonds is 3. The lowest BCUT2D eigenvalue weighted by Crippen LogP contribution is -2.42. The van der Waals surface area contributed by atoms with E-state index in [9.17, 15) is 8.42 Å². The van der Waals surface area contributed by atoms with Gasteiger partial charge in [-0.1, -0.05) is 6.08 Å². The average Bonchev–Trinajstić information content (AvgIpc) is 1.75. The quantitative estimate of drug-likeness (QED) is 0.639. The molecule has 1 aliphatic rings. The van der Waals surface area contributed by atoms with E-state index in [1.165, 1.54) is 0 Å². The maximum Gasteiger partial charge on any atom is 0.212 e. The van der Waals surface area contributed by atoms with E-state index in [0.29, 0.717) is 0 Å². The summed E-state index contributed by atoms with van der Waals surface area (Å²) in [6.07, 6.45) is 4.20. The van der Waals surface area contributed by atoms with Crippen LogP contribution >= 0.6 is 0 Å². The van der Waals surface area contributed by atoms with Gasteiger partial charge in [0.25, 0.3) is 0 Å². The molecule has 1 rings (SSSR count). The van der Waals surface area contributed by atoms with Crippen LogP contribution in [0.4, 0.5) is 0 Å². The van der Waals surface area contributed by atoms with Gasteiger partial charge in [-0.15, -0.1) is 6.58 Å². The van der Waals surface area contributed by atoms with Gasteiger partial charge in [0.05, 0.1) is 5.25 Å². The van der Waals surface area contributed by atoms with Crippen LogP contribution in [-0.2, 0) is 10.0 Å². The minimum Gasteiger partial charge on any atom is -0.228 e. The van der Waals surface area contributed by atoms with E-state index in [1.807, 2.05) is 0 Å². The molecule has 64 valence electrons. The Kier molecular flexibility index (Phi) is 2.34. The second-order valence-electron chi connectivity index (χ2n) is 2.99. The topological polar surface area (TPSA) is 60.2 Å². The second-order valence-corrected chi connectivity index (χ2v) is 4.77. The number of nitrogens with two attached hydrogens (primary N) is 1. The molecule has 0 radical (unpaired) electrons. The van der Waals surface area contributed by atoms with Gasteiger partial charge in [-0.25, -0.2) is 13.6 Å². The molecule has 0 saturated heterocycles. The van der Waals surface area contributed by atoms with Gasteiger partial charge < -0.3 is 0 Å². The van der Waals surface area contributed by atoms with Gasteiger partial charge in [-0.2, -0.15) is 0 Å². The Morgan fingerprint density at radius 1 is 1.55 bits per heavy atom. The SMILES string of the molecule is C=CCC1CCC1S(N)(=O)=O. The molecule has 0 spiro atoms. The molecular formula is C7H13NO2S. The van der Waals surface area contributed by atoms with Crippen LogP contribution in [0.3, 0.4) is 0 Å². The summed E-state index contributed by atoms with van der Waals surface area (Å²) >= 11 is 0. The predicted octanol–water partition coefficient (Wildman–Crippen LogP) is 0.630. The van der Waals surface area contributed by atoms with Crippen LogP contribution in [-0.4, -0.2) is 13.7 Å². The molecule has 3 nitrogen and oxygen atoms in total. The van der Waals surface area contributed by atoms with Gasteiger partial charge in [0.2, 0.25) is 10.0 Å². The second kappa shape index (κ2) is 2.95. The van der Waals surface area contributed by atoms with Crippen molar-refractivity contribution in [3.05, 3.63) is 12.7 Å². The fourth-order valence-electron chi connectivity index (χ4n) is 1.45. The number of primary sulfonamides is 1. The fraction of sp³-hybridized carbons (Fsp3) is 0.714. The highest BCUT2D eigenvalue weighted by Gasteiger charge is 2.37. The van der Waals surface area contributed by atoms with Gasteiger partial charge in [0, 0.05) is 0 Å². The maximum absolute atomic E-state index is 10.8. The van der Waals surface area contributed by atoms with E-state index in [4.69, 9.17) is 5.14 Å². The Labute approximate surface area is 67.3 Å². The van der Waals surface area contributed by atoms with Crippen LogP contribution in [0, 0.1) is 5.92 Å². The van der Waals surface area contributed by atoms with Gasteiger partial charge in [0.1, 0.15) is 0 Å². The van der Waals surface area contributed by atoms with E-state index in [2.05, 4.69) is 6.58 Å². The van der Waals surface area contributed by atoms with Crippen molar-refractivity contribution >= 4 is 10.0 Å². The summed E-state index contributed by atoms with van der Waals surface area (Å²) in [6.45, 7) is 3.56. The molecule has 2 unspecified atom stereocenters. The van der Waals surface area contributed by atoms with Crippen molar-refractivity contribution in [3.8, 4) is 0 Å². The molecule has 2 N–H and O–H groups in total. The molecule has 0 bridgehead atoms. The Morgan fingerprint density at radius 3 is 2.45 bits per heavy atom. The molecule has 0 aromatic rings. The molecule has 0 heterocycles. The first-order chi connectivity index (χ1) is 5.05. The Hall–Kier alpha value is -0.350. The maximum atomic E-state index is 10.8. The molecule has 1 fully saturated rings. The lowest BCUT2D eigenvalue weighted by atomic mass is 9.82. The molecule has 11 heavy (non-hydrogen) atoms. The lowest BCUT2D eigenvalue weighted by Gasteiger charge is -2.33. The van der Waals surface area contributed by atoms with Crippen molar-refractivity contribution in [2.24, 2.45) is 11.1 Å². The van der Waals surface area contributed by atoms with Crippen LogP contribution in [0.1, 0.15) is 19.3 Å². The van der Waals surface area contributed by atoms with E-state index < -0.39 is 10.0 Å². The Bertz CT molecular complexity index is 245. The van der Waals surface area contributed by atoms with E-state index in [0.717, 1.165) is 19.3 Å². The molecule has 0 amide bonds.